The molecule has 0 aliphatic heterocycles. The van der Waals surface area contributed by atoms with Gasteiger partial charge in [-0.1, -0.05) is 0 Å². The van der Waals surface area contributed by atoms with E-state index in [1.54, 1.807) is 13.8 Å². The van der Waals surface area contributed by atoms with Gasteiger partial charge in [0.2, 0.25) is 0 Å². The summed E-state index contributed by atoms with van der Waals surface area (Å²) in [6.07, 6.45) is -4.57. The Morgan fingerprint density at radius 3 is 2.41 bits per heavy atom. The molecule has 10 heteroatoms. The van der Waals surface area contributed by atoms with Crippen LogP contribution >= 0.6 is 12.4 Å². The summed E-state index contributed by atoms with van der Waals surface area (Å²) in [6, 6.07) is 3.39. The standard InChI is InChI=1S/C12H14F3N5O.ClH/c1-11(2,16)6-20-8(5-9(19-20)12(13,14)15)7-3-4-10(21)18-17-7;/h3-5H,6,16H2,1-2H3,(H,18,21);1H. The summed E-state index contributed by atoms with van der Waals surface area (Å²) >= 11 is 0. The lowest BCUT2D eigenvalue weighted by atomic mass is 10.1. The summed E-state index contributed by atoms with van der Waals surface area (Å²) in [5.41, 5.74) is 3.92. The SMILES string of the molecule is CC(C)(N)Cn1nc(C(F)(F)F)cc1-c1ccc(=O)[nH]n1.Cl. The van der Waals surface area contributed by atoms with E-state index >= 15 is 0 Å². The van der Waals surface area contributed by atoms with Crippen molar-refractivity contribution in [3.63, 3.8) is 0 Å². The molecule has 122 valence electrons. The lowest BCUT2D eigenvalue weighted by Gasteiger charge is -2.19. The van der Waals surface area contributed by atoms with Crippen molar-refractivity contribution in [1.29, 1.82) is 0 Å². The van der Waals surface area contributed by atoms with E-state index in [1.165, 1.54) is 12.1 Å². The summed E-state index contributed by atoms with van der Waals surface area (Å²) in [5, 5.41) is 9.45. The van der Waals surface area contributed by atoms with Crippen LogP contribution in [0.5, 0.6) is 0 Å². The van der Waals surface area contributed by atoms with E-state index < -0.39 is 23.0 Å². The Kier molecular flexibility index (Phi) is 5.03. The van der Waals surface area contributed by atoms with E-state index in [-0.39, 0.29) is 30.3 Å². The highest BCUT2D eigenvalue weighted by Crippen LogP contribution is 2.31. The van der Waals surface area contributed by atoms with Gasteiger partial charge in [0.05, 0.1) is 12.2 Å². The number of hydrogen-bond donors (Lipinski definition) is 2. The maximum atomic E-state index is 12.8. The Hall–Kier alpha value is -1.87. The number of nitrogens with zero attached hydrogens (tertiary/aromatic N) is 3. The highest BCUT2D eigenvalue weighted by molar-refractivity contribution is 5.85. The van der Waals surface area contributed by atoms with Gasteiger partial charge >= 0.3 is 6.18 Å². The fourth-order valence-electron chi connectivity index (χ4n) is 1.76. The predicted molar refractivity (Wildman–Crippen MR) is 76.6 cm³/mol. The van der Waals surface area contributed by atoms with Crippen molar-refractivity contribution in [2.75, 3.05) is 0 Å². The van der Waals surface area contributed by atoms with Gasteiger partial charge < -0.3 is 5.73 Å². The molecule has 0 aliphatic rings. The topological polar surface area (TPSA) is 89.6 Å². The maximum absolute atomic E-state index is 12.8. The molecule has 2 rings (SSSR count). The first kappa shape index (κ1) is 18.2. The van der Waals surface area contributed by atoms with Crippen LogP contribution in [0.4, 0.5) is 13.2 Å². The molecule has 2 aromatic heterocycles. The monoisotopic (exact) mass is 337 g/mol. The third kappa shape index (κ3) is 4.31. The average Bonchev–Trinajstić information content (AvgIpc) is 2.71. The van der Waals surface area contributed by atoms with Crippen molar-refractivity contribution in [3.05, 3.63) is 34.2 Å². The molecule has 0 aliphatic carbocycles. The summed E-state index contributed by atoms with van der Waals surface area (Å²) in [4.78, 5) is 11.0. The molecule has 0 bridgehead atoms. The highest BCUT2D eigenvalue weighted by Gasteiger charge is 2.35. The van der Waals surface area contributed by atoms with Gasteiger partial charge in [0.25, 0.3) is 5.56 Å². The summed E-state index contributed by atoms with van der Waals surface area (Å²) in [6.45, 7) is 3.41. The van der Waals surface area contributed by atoms with Gasteiger partial charge in [-0.05, 0) is 26.0 Å². The van der Waals surface area contributed by atoms with E-state index in [0.717, 1.165) is 10.7 Å². The molecule has 2 aromatic rings. The zero-order valence-corrected chi connectivity index (χ0v) is 12.6. The Morgan fingerprint density at radius 1 is 1.32 bits per heavy atom. The van der Waals surface area contributed by atoms with Crippen LogP contribution in [-0.2, 0) is 12.7 Å². The maximum Gasteiger partial charge on any atom is 0.435 e. The van der Waals surface area contributed by atoms with E-state index in [1.807, 2.05) is 0 Å². The quantitative estimate of drug-likeness (QED) is 0.894. The van der Waals surface area contributed by atoms with Gasteiger partial charge in [-0.15, -0.1) is 12.4 Å². The van der Waals surface area contributed by atoms with E-state index in [0.29, 0.717) is 0 Å². The molecule has 22 heavy (non-hydrogen) atoms. The molecule has 0 radical (unpaired) electrons. The molecule has 0 atom stereocenters. The summed E-state index contributed by atoms with van der Waals surface area (Å²) in [5.74, 6) is 0. The van der Waals surface area contributed by atoms with E-state index in [9.17, 15) is 18.0 Å². The number of halogens is 4. The number of aromatic amines is 1. The average molecular weight is 338 g/mol. The van der Waals surface area contributed by atoms with Gasteiger partial charge in [-0.25, -0.2) is 5.10 Å². The second-order valence-corrected chi connectivity index (χ2v) is 5.37. The lowest BCUT2D eigenvalue weighted by Crippen LogP contribution is -2.37. The minimum Gasteiger partial charge on any atom is -0.324 e. The molecule has 0 fully saturated rings. The van der Waals surface area contributed by atoms with Crippen LogP contribution < -0.4 is 11.3 Å². The molecule has 0 saturated carbocycles. The van der Waals surface area contributed by atoms with E-state index in [4.69, 9.17) is 5.73 Å². The van der Waals surface area contributed by atoms with Crippen LogP contribution in [0.1, 0.15) is 19.5 Å². The number of nitrogens with two attached hydrogens (primary N) is 1. The fourth-order valence-corrected chi connectivity index (χ4v) is 1.76. The van der Waals surface area contributed by atoms with Gasteiger partial charge in [-0.3, -0.25) is 9.48 Å². The predicted octanol–water partition coefficient (Wildman–Crippen LogP) is 1.81. The molecular formula is C12H15ClF3N5O. The Balaban J connectivity index is 0.00000242. The van der Waals surface area contributed by atoms with Crippen molar-refractivity contribution in [1.82, 2.24) is 20.0 Å². The fraction of sp³-hybridized carbons (Fsp3) is 0.417. The molecule has 3 N–H and O–H groups in total. The Labute approximate surface area is 129 Å². The van der Waals surface area contributed by atoms with Crippen LogP contribution in [0.15, 0.2) is 23.0 Å². The van der Waals surface area contributed by atoms with Gasteiger partial charge in [0.1, 0.15) is 5.69 Å². The zero-order chi connectivity index (χ0) is 15.8. The van der Waals surface area contributed by atoms with Crippen molar-refractivity contribution in [3.8, 4) is 11.4 Å². The number of H-pyrrole nitrogens is 1. The number of aromatic nitrogens is 4. The highest BCUT2D eigenvalue weighted by atomic mass is 35.5. The first-order valence-corrected chi connectivity index (χ1v) is 6.06. The normalized spacial score (nSPS) is 12.1. The van der Waals surface area contributed by atoms with Gasteiger partial charge in [-0.2, -0.15) is 23.4 Å². The molecule has 0 saturated heterocycles. The van der Waals surface area contributed by atoms with Crippen molar-refractivity contribution >= 4 is 12.4 Å². The third-order valence-electron chi connectivity index (χ3n) is 2.57. The van der Waals surface area contributed by atoms with Crippen molar-refractivity contribution in [2.45, 2.75) is 32.1 Å². The molecule has 2 heterocycles. The van der Waals surface area contributed by atoms with Gasteiger partial charge in [0.15, 0.2) is 5.69 Å². The second-order valence-electron chi connectivity index (χ2n) is 5.37. The number of rotatable bonds is 3. The first-order valence-electron chi connectivity index (χ1n) is 6.06. The van der Waals surface area contributed by atoms with Crippen molar-refractivity contribution < 1.29 is 13.2 Å². The van der Waals surface area contributed by atoms with Crippen LogP contribution in [0.25, 0.3) is 11.4 Å². The van der Waals surface area contributed by atoms with Crippen LogP contribution in [0.3, 0.4) is 0 Å². The summed E-state index contributed by atoms with van der Waals surface area (Å²) in [7, 11) is 0. The molecule has 0 amide bonds. The van der Waals surface area contributed by atoms with E-state index in [2.05, 4.69) is 15.3 Å². The Morgan fingerprint density at radius 2 is 1.95 bits per heavy atom. The van der Waals surface area contributed by atoms with Crippen LogP contribution in [0, 0.1) is 0 Å². The molecule has 0 unspecified atom stereocenters. The molecule has 6 nitrogen and oxygen atoms in total. The lowest BCUT2D eigenvalue weighted by molar-refractivity contribution is -0.141. The first-order chi connectivity index (χ1) is 9.56. The zero-order valence-electron chi connectivity index (χ0n) is 11.8. The van der Waals surface area contributed by atoms with Crippen LogP contribution in [0.2, 0.25) is 0 Å². The number of alkyl halides is 3. The molecule has 0 spiro atoms. The second kappa shape index (κ2) is 6.09. The minimum absolute atomic E-state index is 0. The molecular weight excluding hydrogens is 323 g/mol. The smallest absolute Gasteiger partial charge is 0.324 e. The number of hydrogen-bond acceptors (Lipinski definition) is 4. The summed E-state index contributed by atoms with van der Waals surface area (Å²) < 4.78 is 39.6. The van der Waals surface area contributed by atoms with Crippen LogP contribution in [-0.4, -0.2) is 25.5 Å². The minimum atomic E-state index is -4.57. The molecule has 0 aromatic carbocycles. The van der Waals surface area contributed by atoms with Crippen molar-refractivity contribution in [2.24, 2.45) is 5.73 Å². The number of nitrogens with one attached hydrogen (secondary N) is 1. The Bertz CT molecular complexity index is 682. The third-order valence-corrected chi connectivity index (χ3v) is 2.57. The largest absolute Gasteiger partial charge is 0.435 e. The van der Waals surface area contributed by atoms with Gasteiger partial charge in [0, 0.05) is 11.6 Å².